The van der Waals surface area contributed by atoms with Crippen molar-refractivity contribution in [1.82, 2.24) is 15.1 Å². The Bertz CT molecular complexity index is 568. The minimum absolute atomic E-state index is 0.162. The molecule has 2 aromatic heterocycles. The van der Waals surface area contributed by atoms with Gasteiger partial charge >= 0.3 is 0 Å². The zero-order valence-electron chi connectivity index (χ0n) is 11.7. The summed E-state index contributed by atoms with van der Waals surface area (Å²) in [6, 6.07) is 3.98. The first kappa shape index (κ1) is 13.1. The molecule has 0 aliphatic carbocycles. The molecule has 1 atom stereocenters. The molecule has 1 aliphatic rings. The summed E-state index contributed by atoms with van der Waals surface area (Å²) in [7, 11) is 0. The van der Waals surface area contributed by atoms with Crippen LogP contribution in [-0.4, -0.2) is 15.1 Å². The van der Waals surface area contributed by atoms with Gasteiger partial charge in [-0.05, 0) is 25.3 Å². The Morgan fingerprint density at radius 2 is 2.30 bits per heavy atom. The third-order valence-corrected chi connectivity index (χ3v) is 3.54. The molecule has 0 N–H and O–H groups in total. The monoisotopic (exact) mass is 273 g/mol. The molecule has 5 heteroatoms. The van der Waals surface area contributed by atoms with Crippen molar-refractivity contribution in [2.75, 3.05) is 0 Å². The maximum Gasteiger partial charge on any atom is 0.267 e. The third kappa shape index (κ3) is 2.81. The van der Waals surface area contributed by atoms with Gasteiger partial charge in [-0.3, -0.25) is 0 Å². The van der Waals surface area contributed by atoms with Crippen LogP contribution >= 0.6 is 0 Å². The highest BCUT2D eigenvalue weighted by Gasteiger charge is 2.26. The molecule has 0 spiro atoms. The number of fused-ring (bicyclic) bond motifs is 1. The highest BCUT2D eigenvalue weighted by molar-refractivity contribution is 5.28. The van der Waals surface area contributed by atoms with E-state index >= 15 is 0 Å². The van der Waals surface area contributed by atoms with Crippen molar-refractivity contribution >= 4 is 0 Å². The summed E-state index contributed by atoms with van der Waals surface area (Å²) in [6.45, 7) is 2.18. The predicted molar refractivity (Wildman–Crippen MR) is 73.5 cm³/mol. The summed E-state index contributed by atoms with van der Waals surface area (Å²) in [6.07, 6.45) is 7.73. The number of unbranched alkanes of at least 4 members (excludes halogenated alkanes) is 2. The second-order valence-electron chi connectivity index (χ2n) is 5.12. The average molecular weight is 273 g/mol. The number of aromatic nitrogens is 3. The van der Waals surface area contributed by atoms with Gasteiger partial charge in [0.05, 0.1) is 0 Å². The number of rotatable bonds is 5. The Kier molecular flexibility index (Phi) is 3.95. The molecule has 0 aromatic carbocycles. The molecule has 1 aliphatic heterocycles. The maximum absolute atomic E-state index is 5.85. The lowest BCUT2D eigenvalue weighted by molar-refractivity contribution is 0.128. The number of ether oxygens (including phenoxy) is 1. The molecule has 0 fully saturated rings. The van der Waals surface area contributed by atoms with Crippen LogP contribution in [0.4, 0.5) is 0 Å². The summed E-state index contributed by atoms with van der Waals surface area (Å²) in [5.74, 6) is 2.05. The van der Waals surface area contributed by atoms with Crippen molar-refractivity contribution in [2.45, 2.75) is 51.6 Å². The van der Waals surface area contributed by atoms with E-state index < -0.39 is 0 Å². The van der Waals surface area contributed by atoms with E-state index in [2.05, 4.69) is 22.0 Å². The fourth-order valence-corrected chi connectivity index (χ4v) is 2.41. The minimum atomic E-state index is -0.162. The van der Waals surface area contributed by atoms with Crippen molar-refractivity contribution < 1.29 is 9.26 Å². The summed E-state index contributed by atoms with van der Waals surface area (Å²) < 4.78 is 11.2. The number of nitrogens with zero attached hydrogens (tertiary/aromatic N) is 3. The van der Waals surface area contributed by atoms with Crippen molar-refractivity contribution in [3.63, 3.8) is 0 Å². The van der Waals surface area contributed by atoms with Crippen LogP contribution in [0.25, 0.3) is 0 Å². The van der Waals surface area contributed by atoms with Crippen LogP contribution in [0.15, 0.2) is 22.9 Å². The zero-order chi connectivity index (χ0) is 13.8. The van der Waals surface area contributed by atoms with Gasteiger partial charge in [0.2, 0.25) is 5.88 Å². The van der Waals surface area contributed by atoms with E-state index in [1.54, 1.807) is 6.20 Å². The summed E-state index contributed by atoms with van der Waals surface area (Å²) >= 11 is 0. The summed E-state index contributed by atoms with van der Waals surface area (Å²) in [4.78, 5) is 8.70. The highest BCUT2D eigenvalue weighted by atomic mass is 16.5. The van der Waals surface area contributed by atoms with Crippen molar-refractivity contribution in [2.24, 2.45) is 0 Å². The van der Waals surface area contributed by atoms with E-state index in [1.165, 1.54) is 12.8 Å². The normalized spacial score (nSPS) is 17.6. The lowest BCUT2D eigenvalue weighted by Crippen LogP contribution is -2.16. The van der Waals surface area contributed by atoms with Crippen LogP contribution in [0.5, 0.6) is 5.88 Å². The lowest BCUT2D eigenvalue weighted by atomic mass is 10.1. The molecule has 5 nitrogen and oxygen atoms in total. The topological polar surface area (TPSA) is 61.0 Å². The molecular weight excluding hydrogens is 254 g/mol. The van der Waals surface area contributed by atoms with Gasteiger partial charge in [-0.2, -0.15) is 4.98 Å². The number of pyridine rings is 1. The molecule has 0 amide bonds. The Morgan fingerprint density at radius 3 is 3.20 bits per heavy atom. The molecule has 0 saturated carbocycles. The molecule has 106 valence electrons. The van der Waals surface area contributed by atoms with Crippen LogP contribution in [0.3, 0.4) is 0 Å². The fourth-order valence-electron chi connectivity index (χ4n) is 2.41. The molecule has 3 heterocycles. The molecule has 0 saturated heterocycles. The van der Waals surface area contributed by atoms with E-state index in [4.69, 9.17) is 9.26 Å². The number of hydrogen-bond acceptors (Lipinski definition) is 5. The van der Waals surface area contributed by atoms with E-state index in [9.17, 15) is 0 Å². The first-order valence-corrected chi connectivity index (χ1v) is 7.30. The van der Waals surface area contributed by atoms with Crippen molar-refractivity contribution in [3.05, 3.63) is 35.6 Å². The minimum Gasteiger partial charge on any atom is -0.464 e. The van der Waals surface area contributed by atoms with Gasteiger partial charge in [-0.25, -0.2) is 4.98 Å². The van der Waals surface area contributed by atoms with E-state index in [-0.39, 0.29) is 6.10 Å². The predicted octanol–water partition coefficient (Wildman–Crippen LogP) is 3.26. The van der Waals surface area contributed by atoms with E-state index in [1.807, 2.05) is 12.1 Å². The van der Waals surface area contributed by atoms with Gasteiger partial charge < -0.3 is 9.26 Å². The van der Waals surface area contributed by atoms with Crippen LogP contribution in [0.2, 0.25) is 0 Å². The molecule has 0 radical (unpaired) electrons. The second-order valence-corrected chi connectivity index (χ2v) is 5.12. The third-order valence-electron chi connectivity index (χ3n) is 3.54. The molecule has 1 unspecified atom stereocenters. The zero-order valence-corrected chi connectivity index (χ0v) is 11.7. The molecule has 3 rings (SSSR count). The van der Waals surface area contributed by atoms with Crippen LogP contribution in [-0.2, 0) is 12.8 Å². The first-order chi connectivity index (χ1) is 9.86. The maximum atomic E-state index is 5.85. The Morgan fingerprint density at radius 1 is 1.35 bits per heavy atom. The van der Waals surface area contributed by atoms with Gasteiger partial charge in [0.1, 0.15) is 0 Å². The largest absolute Gasteiger partial charge is 0.464 e. The van der Waals surface area contributed by atoms with Gasteiger partial charge in [0.25, 0.3) is 5.89 Å². The van der Waals surface area contributed by atoms with Gasteiger partial charge in [0.15, 0.2) is 11.9 Å². The van der Waals surface area contributed by atoms with Gasteiger partial charge in [-0.1, -0.05) is 31.0 Å². The molecule has 0 bridgehead atoms. The average Bonchev–Trinajstić information content (AvgIpc) is 2.96. The summed E-state index contributed by atoms with van der Waals surface area (Å²) in [5, 5.41) is 4.03. The molecule has 20 heavy (non-hydrogen) atoms. The van der Waals surface area contributed by atoms with Gasteiger partial charge in [0, 0.05) is 18.2 Å². The van der Waals surface area contributed by atoms with Gasteiger partial charge in [-0.15, -0.1) is 0 Å². The van der Waals surface area contributed by atoms with Crippen LogP contribution in [0.1, 0.15) is 56.0 Å². The quantitative estimate of drug-likeness (QED) is 0.782. The Hall–Kier alpha value is -1.91. The first-order valence-electron chi connectivity index (χ1n) is 7.30. The Balaban J connectivity index is 1.66. The summed E-state index contributed by atoms with van der Waals surface area (Å²) in [5.41, 5.74) is 1.14. The molecule has 2 aromatic rings. The lowest BCUT2D eigenvalue weighted by Gasteiger charge is -2.21. The highest BCUT2D eigenvalue weighted by Crippen LogP contribution is 2.32. The van der Waals surface area contributed by atoms with E-state index in [0.29, 0.717) is 11.8 Å². The van der Waals surface area contributed by atoms with Crippen molar-refractivity contribution in [3.8, 4) is 5.88 Å². The van der Waals surface area contributed by atoms with Crippen molar-refractivity contribution in [1.29, 1.82) is 0 Å². The number of aryl methyl sites for hydroxylation is 2. The standard InChI is InChI=1S/C15H19N3O2/c1-2-3-4-7-13-17-15(20-18-13)12-9-8-11-6-5-10-16-14(11)19-12/h5-6,10,12H,2-4,7-9H2,1H3. The van der Waals surface area contributed by atoms with E-state index in [0.717, 1.165) is 37.1 Å². The fraction of sp³-hybridized carbons (Fsp3) is 0.533. The molecular formula is C15H19N3O2. The Labute approximate surface area is 118 Å². The second kappa shape index (κ2) is 6.03. The van der Waals surface area contributed by atoms with Crippen LogP contribution < -0.4 is 4.74 Å². The van der Waals surface area contributed by atoms with Crippen LogP contribution in [0, 0.1) is 0 Å². The number of hydrogen-bond donors (Lipinski definition) is 0. The SMILES string of the molecule is CCCCCc1noc(C2CCc3cccnc3O2)n1. The smallest absolute Gasteiger partial charge is 0.267 e.